The maximum absolute atomic E-state index is 13.2. The monoisotopic (exact) mass is 420 g/mol. The number of halogens is 1. The van der Waals surface area contributed by atoms with E-state index in [0.29, 0.717) is 29.0 Å². The van der Waals surface area contributed by atoms with Gasteiger partial charge in [0.2, 0.25) is 0 Å². The molecule has 0 heterocycles. The van der Waals surface area contributed by atoms with Crippen molar-refractivity contribution in [2.45, 2.75) is 0 Å². The summed E-state index contributed by atoms with van der Waals surface area (Å²) >= 11 is 0. The zero-order valence-electron chi connectivity index (χ0n) is 16.5. The Labute approximate surface area is 178 Å². The molecule has 31 heavy (non-hydrogen) atoms. The van der Waals surface area contributed by atoms with E-state index < -0.39 is 11.8 Å². The van der Waals surface area contributed by atoms with Gasteiger partial charge in [-0.3, -0.25) is 9.59 Å². The van der Waals surface area contributed by atoms with Crippen LogP contribution in [0.25, 0.3) is 0 Å². The van der Waals surface area contributed by atoms with Gasteiger partial charge >= 0.3 is 6.03 Å². The van der Waals surface area contributed by atoms with Crippen LogP contribution in [0.1, 0.15) is 20.7 Å². The number of anilines is 2. The average molecular weight is 420 g/mol. The first-order chi connectivity index (χ1) is 15.0. The van der Waals surface area contributed by atoms with E-state index >= 15 is 0 Å². The lowest BCUT2D eigenvalue weighted by atomic mass is 10.2. The lowest BCUT2D eigenvalue weighted by Gasteiger charge is -2.09. The largest absolute Gasteiger partial charge is 0.350 e. The van der Waals surface area contributed by atoms with Crippen LogP contribution in [0.2, 0.25) is 0 Å². The molecule has 8 heteroatoms. The number of hydrogen-bond donors (Lipinski definition) is 4. The lowest BCUT2D eigenvalue weighted by molar-refractivity contribution is 0.0927. The highest BCUT2D eigenvalue weighted by Gasteiger charge is 2.08. The molecule has 0 bridgehead atoms. The summed E-state index contributed by atoms with van der Waals surface area (Å²) < 4.78 is 13.2. The number of hydrogen-bond acceptors (Lipinski definition) is 3. The number of benzene rings is 3. The number of nitrogens with one attached hydrogen (secondary N) is 4. The van der Waals surface area contributed by atoms with Crippen molar-refractivity contribution in [3.63, 3.8) is 0 Å². The zero-order chi connectivity index (χ0) is 22.1. The minimum absolute atomic E-state index is 0.207. The Morgan fingerprint density at radius 2 is 1.23 bits per heavy atom. The van der Waals surface area contributed by atoms with Gasteiger partial charge in [0.1, 0.15) is 5.82 Å². The summed E-state index contributed by atoms with van der Waals surface area (Å²) in [5.74, 6) is -0.959. The third-order valence-corrected chi connectivity index (χ3v) is 4.22. The minimum atomic E-state index is -0.531. The van der Waals surface area contributed by atoms with E-state index in [1.165, 1.54) is 18.2 Å². The molecule has 0 atom stereocenters. The van der Waals surface area contributed by atoms with Gasteiger partial charge in [0, 0.05) is 35.6 Å². The van der Waals surface area contributed by atoms with E-state index in [0.717, 1.165) is 0 Å². The Balaban J connectivity index is 1.42. The van der Waals surface area contributed by atoms with Crippen LogP contribution in [-0.2, 0) is 0 Å². The number of carbonyl (C=O) groups excluding carboxylic acids is 3. The Hall–Kier alpha value is -4.20. The normalized spacial score (nSPS) is 10.1. The van der Waals surface area contributed by atoms with Crippen molar-refractivity contribution in [1.82, 2.24) is 10.6 Å². The molecule has 0 aliphatic rings. The predicted molar refractivity (Wildman–Crippen MR) is 117 cm³/mol. The second-order valence-electron chi connectivity index (χ2n) is 6.54. The van der Waals surface area contributed by atoms with Crippen LogP contribution in [0.15, 0.2) is 78.9 Å². The SMILES string of the molecule is O=C(Nc1ccc(C(=O)NCCNC(=O)c2ccccc2)cc1)Nc1cccc(F)c1. The van der Waals surface area contributed by atoms with E-state index in [4.69, 9.17) is 0 Å². The molecule has 0 aromatic heterocycles. The highest BCUT2D eigenvalue weighted by Crippen LogP contribution is 2.12. The summed E-state index contributed by atoms with van der Waals surface area (Å²) in [6, 6.07) is 20.1. The lowest BCUT2D eigenvalue weighted by Crippen LogP contribution is -2.34. The molecule has 3 rings (SSSR count). The minimum Gasteiger partial charge on any atom is -0.350 e. The molecule has 3 aromatic rings. The second-order valence-corrected chi connectivity index (χ2v) is 6.54. The van der Waals surface area contributed by atoms with Crippen molar-refractivity contribution in [1.29, 1.82) is 0 Å². The molecule has 0 aliphatic heterocycles. The smallest absolute Gasteiger partial charge is 0.323 e. The molecule has 0 fully saturated rings. The van der Waals surface area contributed by atoms with Gasteiger partial charge in [-0.05, 0) is 54.6 Å². The third-order valence-electron chi connectivity index (χ3n) is 4.22. The molecule has 3 aromatic carbocycles. The number of rotatable bonds is 7. The Kier molecular flexibility index (Phi) is 7.31. The van der Waals surface area contributed by atoms with Gasteiger partial charge in [0.05, 0.1) is 0 Å². The van der Waals surface area contributed by atoms with E-state index in [-0.39, 0.29) is 18.4 Å². The molecule has 158 valence electrons. The van der Waals surface area contributed by atoms with Crippen LogP contribution in [0.4, 0.5) is 20.6 Å². The van der Waals surface area contributed by atoms with Crippen molar-refractivity contribution in [2.24, 2.45) is 0 Å². The molecule has 0 unspecified atom stereocenters. The van der Waals surface area contributed by atoms with Crippen molar-refractivity contribution in [3.8, 4) is 0 Å². The van der Waals surface area contributed by atoms with Crippen LogP contribution in [0.5, 0.6) is 0 Å². The maximum atomic E-state index is 13.2. The van der Waals surface area contributed by atoms with Gasteiger partial charge in [-0.25, -0.2) is 9.18 Å². The molecule has 7 nitrogen and oxygen atoms in total. The maximum Gasteiger partial charge on any atom is 0.323 e. The molecule has 0 saturated carbocycles. The van der Waals surface area contributed by atoms with Crippen LogP contribution in [0.3, 0.4) is 0 Å². The fourth-order valence-corrected chi connectivity index (χ4v) is 2.71. The van der Waals surface area contributed by atoms with E-state index in [1.54, 1.807) is 54.6 Å². The van der Waals surface area contributed by atoms with E-state index in [2.05, 4.69) is 21.3 Å². The number of carbonyl (C=O) groups is 3. The number of urea groups is 1. The average Bonchev–Trinajstić information content (AvgIpc) is 2.77. The Morgan fingerprint density at radius 3 is 1.84 bits per heavy atom. The molecule has 0 spiro atoms. The Morgan fingerprint density at radius 1 is 0.645 bits per heavy atom. The van der Waals surface area contributed by atoms with Crippen LogP contribution in [-0.4, -0.2) is 30.9 Å². The summed E-state index contributed by atoms with van der Waals surface area (Å²) in [4.78, 5) is 36.1. The summed E-state index contributed by atoms with van der Waals surface area (Å²) in [7, 11) is 0. The first kappa shape index (κ1) is 21.5. The van der Waals surface area contributed by atoms with Crippen molar-refractivity contribution >= 4 is 29.2 Å². The highest BCUT2D eigenvalue weighted by atomic mass is 19.1. The van der Waals surface area contributed by atoms with Crippen LogP contribution >= 0.6 is 0 Å². The predicted octanol–water partition coefficient (Wildman–Crippen LogP) is 3.63. The standard InChI is InChI=1S/C23H21FN4O3/c24-18-7-4-8-20(15-18)28-23(31)27-19-11-9-17(10-12-19)22(30)26-14-13-25-21(29)16-5-2-1-3-6-16/h1-12,15H,13-14H2,(H,25,29)(H,26,30)(H2,27,28,31). The first-order valence-electron chi connectivity index (χ1n) is 9.56. The fourth-order valence-electron chi connectivity index (χ4n) is 2.71. The molecule has 0 aliphatic carbocycles. The highest BCUT2D eigenvalue weighted by molar-refractivity contribution is 6.00. The molecule has 0 radical (unpaired) electrons. The molecular formula is C23H21FN4O3. The van der Waals surface area contributed by atoms with Crippen molar-refractivity contribution in [3.05, 3.63) is 95.8 Å². The molecule has 4 N–H and O–H groups in total. The molecule has 4 amide bonds. The first-order valence-corrected chi connectivity index (χ1v) is 9.56. The fraction of sp³-hybridized carbons (Fsp3) is 0.0870. The van der Waals surface area contributed by atoms with Gasteiger partial charge in [0.15, 0.2) is 0 Å². The van der Waals surface area contributed by atoms with E-state index in [1.807, 2.05) is 6.07 Å². The quantitative estimate of drug-likeness (QED) is 0.439. The van der Waals surface area contributed by atoms with Gasteiger partial charge in [-0.15, -0.1) is 0 Å². The van der Waals surface area contributed by atoms with Gasteiger partial charge in [0.25, 0.3) is 11.8 Å². The third kappa shape index (κ3) is 6.67. The summed E-state index contributed by atoms with van der Waals surface area (Å²) in [5.41, 5.74) is 1.76. The summed E-state index contributed by atoms with van der Waals surface area (Å²) in [6.45, 7) is 0.562. The van der Waals surface area contributed by atoms with Crippen LogP contribution in [0, 0.1) is 5.82 Å². The second kappa shape index (κ2) is 10.5. The summed E-state index contributed by atoms with van der Waals surface area (Å²) in [6.07, 6.45) is 0. The Bertz CT molecular complexity index is 1060. The van der Waals surface area contributed by atoms with Crippen molar-refractivity contribution < 1.29 is 18.8 Å². The van der Waals surface area contributed by atoms with Gasteiger partial charge in [-0.1, -0.05) is 24.3 Å². The van der Waals surface area contributed by atoms with Gasteiger partial charge in [-0.2, -0.15) is 0 Å². The summed E-state index contributed by atoms with van der Waals surface area (Å²) in [5, 5.41) is 10.6. The van der Waals surface area contributed by atoms with Crippen LogP contribution < -0.4 is 21.3 Å². The zero-order valence-corrected chi connectivity index (χ0v) is 16.5. The van der Waals surface area contributed by atoms with E-state index in [9.17, 15) is 18.8 Å². The molecule has 0 saturated heterocycles. The topological polar surface area (TPSA) is 99.3 Å². The van der Waals surface area contributed by atoms with Crippen molar-refractivity contribution in [2.75, 3.05) is 23.7 Å². The van der Waals surface area contributed by atoms with Gasteiger partial charge < -0.3 is 21.3 Å². The number of amides is 4. The molecular weight excluding hydrogens is 399 g/mol.